The fourth-order valence-electron chi connectivity index (χ4n) is 1.81. The number of halogens is 2. The minimum Gasteiger partial charge on any atom is -0.496 e. The van der Waals surface area contributed by atoms with Crippen molar-refractivity contribution in [2.75, 3.05) is 12.8 Å². The van der Waals surface area contributed by atoms with E-state index in [0.29, 0.717) is 16.3 Å². The minimum atomic E-state index is -1.22. The summed E-state index contributed by atoms with van der Waals surface area (Å²) in [5, 5.41) is 0. The van der Waals surface area contributed by atoms with Crippen molar-refractivity contribution < 1.29 is 8.95 Å². The normalized spacial score (nSPS) is 12.2. The lowest BCUT2D eigenvalue weighted by Crippen LogP contribution is -2.02. The lowest BCUT2D eigenvalue weighted by Gasteiger charge is -2.10. The van der Waals surface area contributed by atoms with Gasteiger partial charge in [0.1, 0.15) is 5.75 Å². The predicted octanol–water partition coefficient (Wildman–Crippen LogP) is 4.11. The van der Waals surface area contributed by atoms with Crippen molar-refractivity contribution in [2.45, 2.75) is 10.6 Å². The molecule has 1 unspecified atom stereocenters. The van der Waals surface area contributed by atoms with Gasteiger partial charge in [-0.05, 0) is 36.4 Å². The van der Waals surface area contributed by atoms with E-state index < -0.39 is 10.8 Å². The maximum absolute atomic E-state index is 12.5. The number of benzene rings is 2. The van der Waals surface area contributed by atoms with Gasteiger partial charge in [-0.3, -0.25) is 4.21 Å². The number of nitrogen functional groups attached to an aromatic ring is 1. The Bertz CT molecular complexity index is 662. The molecule has 20 heavy (non-hydrogen) atoms. The van der Waals surface area contributed by atoms with Gasteiger partial charge in [0.25, 0.3) is 0 Å². The van der Waals surface area contributed by atoms with Gasteiger partial charge in [-0.1, -0.05) is 31.9 Å². The molecule has 0 saturated heterocycles. The Balaban J connectivity index is 2.30. The maximum Gasteiger partial charge on any atom is 0.123 e. The van der Waals surface area contributed by atoms with Gasteiger partial charge in [-0.2, -0.15) is 0 Å². The van der Waals surface area contributed by atoms with E-state index in [1.54, 1.807) is 19.2 Å². The van der Waals surface area contributed by atoms with Gasteiger partial charge in [-0.25, -0.2) is 0 Å². The van der Waals surface area contributed by atoms with Crippen LogP contribution in [0.1, 0.15) is 5.56 Å². The number of rotatable bonds is 4. The van der Waals surface area contributed by atoms with Gasteiger partial charge in [0.05, 0.1) is 28.6 Å². The quantitative estimate of drug-likeness (QED) is 0.760. The van der Waals surface area contributed by atoms with Crippen LogP contribution in [-0.2, 0) is 16.6 Å². The van der Waals surface area contributed by atoms with Crippen molar-refractivity contribution in [3.8, 4) is 5.75 Å². The van der Waals surface area contributed by atoms with Gasteiger partial charge < -0.3 is 10.5 Å². The number of anilines is 1. The Morgan fingerprint density at radius 1 is 1.15 bits per heavy atom. The topological polar surface area (TPSA) is 52.3 Å². The third kappa shape index (κ3) is 3.62. The fourth-order valence-corrected chi connectivity index (χ4v) is 3.80. The van der Waals surface area contributed by atoms with Crippen molar-refractivity contribution >= 4 is 48.3 Å². The molecule has 0 radical (unpaired) electrons. The summed E-state index contributed by atoms with van der Waals surface area (Å²) in [6.07, 6.45) is 0. The van der Waals surface area contributed by atoms with Gasteiger partial charge >= 0.3 is 0 Å². The van der Waals surface area contributed by atoms with Crippen LogP contribution in [0, 0.1) is 0 Å². The summed E-state index contributed by atoms with van der Waals surface area (Å²) in [6, 6.07) is 11.0. The second kappa shape index (κ2) is 6.74. The number of hydrogen-bond acceptors (Lipinski definition) is 3. The predicted molar refractivity (Wildman–Crippen MR) is 89.4 cm³/mol. The summed E-state index contributed by atoms with van der Waals surface area (Å²) in [5.74, 6) is 1.08. The first-order chi connectivity index (χ1) is 9.51. The molecule has 3 nitrogen and oxygen atoms in total. The SMILES string of the molecule is COc1ccc(Br)cc1CS(=O)c1ccc(Br)cc1N. The molecule has 1 atom stereocenters. The molecule has 0 aromatic heterocycles. The lowest BCUT2D eigenvalue weighted by molar-refractivity contribution is 0.411. The van der Waals surface area contributed by atoms with Crippen LogP contribution in [0.15, 0.2) is 50.2 Å². The molecule has 0 fully saturated rings. The van der Waals surface area contributed by atoms with Crippen molar-refractivity contribution in [1.29, 1.82) is 0 Å². The highest BCUT2D eigenvalue weighted by Gasteiger charge is 2.12. The Morgan fingerprint density at radius 2 is 1.80 bits per heavy atom. The van der Waals surface area contributed by atoms with Crippen LogP contribution in [0.3, 0.4) is 0 Å². The van der Waals surface area contributed by atoms with Gasteiger partial charge in [0.15, 0.2) is 0 Å². The van der Waals surface area contributed by atoms with Crippen LogP contribution < -0.4 is 10.5 Å². The molecule has 106 valence electrons. The Morgan fingerprint density at radius 3 is 2.45 bits per heavy atom. The summed E-state index contributed by atoms with van der Waals surface area (Å²) in [4.78, 5) is 0.634. The van der Waals surface area contributed by atoms with E-state index in [1.807, 2.05) is 24.3 Å². The smallest absolute Gasteiger partial charge is 0.123 e. The largest absolute Gasteiger partial charge is 0.496 e. The molecular weight excluding hydrogens is 406 g/mol. The molecule has 0 spiro atoms. The Kier molecular flexibility index (Phi) is 5.23. The van der Waals surface area contributed by atoms with Gasteiger partial charge in [0.2, 0.25) is 0 Å². The summed E-state index contributed by atoms with van der Waals surface area (Å²) >= 11 is 6.75. The third-order valence-electron chi connectivity index (χ3n) is 2.75. The molecule has 6 heteroatoms. The van der Waals surface area contributed by atoms with E-state index in [1.165, 1.54) is 0 Å². The van der Waals surface area contributed by atoms with E-state index in [4.69, 9.17) is 10.5 Å². The standard InChI is InChI=1S/C14H13Br2NO2S/c1-19-13-4-2-10(15)6-9(13)8-20(18)14-5-3-11(16)7-12(14)17/h2-7H,8,17H2,1H3. The minimum absolute atomic E-state index is 0.356. The second-order valence-electron chi connectivity index (χ2n) is 4.13. The number of methoxy groups -OCH3 is 1. The van der Waals surface area contributed by atoms with Crippen LogP contribution >= 0.6 is 31.9 Å². The summed E-state index contributed by atoms with van der Waals surface area (Å²) < 4.78 is 19.6. The highest BCUT2D eigenvalue weighted by Crippen LogP contribution is 2.28. The first kappa shape index (κ1) is 15.5. The molecule has 0 bridgehead atoms. The highest BCUT2D eigenvalue weighted by atomic mass is 79.9. The second-order valence-corrected chi connectivity index (χ2v) is 7.38. The number of nitrogens with two attached hydrogens (primary N) is 1. The lowest BCUT2D eigenvalue weighted by atomic mass is 10.2. The van der Waals surface area contributed by atoms with Gasteiger partial charge in [0, 0.05) is 20.2 Å². The first-order valence-corrected chi connectivity index (χ1v) is 8.67. The highest BCUT2D eigenvalue weighted by molar-refractivity contribution is 9.10. The van der Waals surface area contributed by atoms with E-state index in [9.17, 15) is 4.21 Å². The average Bonchev–Trinajstić information content (AvgIpc) is 2.38. The molecule has 0 heterocycles. The number of ether oxygens (including phenoxy) is 1. The molecule has 0 aliphatic heterocycles. The number of hydrogen-bond donors (Lipinski definition) is 1. The van der Waals surface area contributed by atoms with Crippen LogP contribution in [0.5, 0.6) is 5.75 Å². The van der Waals surface area contributed by atoms with Crippen molar-refractivity contribution in [3.63, 3.8) is 0 Å². The summed E-state index contributed by atoms with van der Waals surface area (Å²) in [7, 11) is 0.380. The molecular formula is C14H13Br2NO2S. The zero-order valence-electron chi connectivity index (χ0n) is 10.7. The molecule has 0 amide bonds. The summed E-state index contributed by atoms with van der Waals surface area (Å²) in [5.41, 5.74) is 7.31. The van der Waals surface area contributed by atoms with Crippen LogP contribution in [0.4, 0.5) is 5.69 Å². The Labute approximate surface area is 137 Å². The van der Waals surface area contributed by atoms with E-state index in [2.05, 4.69) is 31.9 Å². The maximum atomic E-state index is 12.5. The monoisotopic (exact) mass is 417 g/mol. The van der Waals surface area contributed by atoms with Crippen LogP contribution in [0.25, 0.3) is 0 Å². The molecule has 0 aliphatic carbocycles. The van der Waals surface area contributed by atoms with Crippen LogP contribution in [-0.4, -0.2) is 11.3 Å². The molecule has 2 rings (SSSR count). The van der Waals surface area contributed by atoms with E-state index >= 15 is 0 Å². The van der Waals surface area contributed by atoms with Crippen molar-refractivity contribution in [2.24, 2.45) is 0 Å². The fraction of sp³-hybridized carbons (Fsp3) is 0.143. The van der Waals surface area contributed by atoms with E-state index in [-0.39, 0.29) is 0 Å². The first-order valence-electron chi connectivity index (χ1n) is 5.77. The Hall–Kier alpha value is -0.850. The van der Waals surface area contributed by atoms with E-state index in [0.717, 1.165) is 20.3 Å². The van der Waals surface area contributed by atoms with Crippen molar-refractivity contribution in [1.82, 2.24) is 0 Å². The molecule has 0 saturated carbocycles. The van der Waals surface area contributed by atoms with Gasteiger partial charge in [-0.15, -0.1) is 0 Å². The zero-order valence-corrected chi connectivity index (χ0v) is 14.7. The molecule has 2 N–H and O–H groups in total. The summed E-state index contributed by atoms with van der Waals surface area (Å²) in [6.45, 7) is 0. The molecule has 0 aliphatic rings. The third-order valence-corrected chi connectivity index (χ3v) is 5.17. The molecule has 2 aromatic carbocycles. The average molecular weight is 419 g/mol. The van der Waals surface area contributed by atoms with Crippen LogP contribution in [0.2, 0.25) is 0 Å². The van der Waals surface area contributed by atoms with Crippen molar-refractivity contribution in [3.05, 3.63) is 50.9 Å². The molecule has 2 aromatic rings. The zero-order chi connectivity index (χ0) is 14.7.